The molecule has 0 bridgehead atoms. The molecule has 0 unspecified atom stereocenters. The number of benzene rings is 1. The average Bonchev–Trinajstić information content (AvgIpc) is 2.92. The zero-order valence-corrected chi connectivity index (χ0v) is 13.7. The highest BCUT2D eigenvalue weighted by Crippen LogP contribution is 2.22. The van der Waals surface area contributed by atoms with E-state index in [4.69, 9.17) is 4.74 Å². The van der Waals surface area contributed by atoms with Gasteiger partial charge in [-0.1, -0.05) is 24.3 Å². The Labute approximate surface area is 135 Å². The fraction of sp³-hybridized carbons (Fsp3) is 0.471. The normalized spacial score (nSPS) is 18.3. The molecule has 1 aromatic heterocycles. The number of hydrogen-bond acceptors (Lipinski definition) is 5. The highest BCUT2D eigenvalue weighted by atomic mass is 16.5. The fourth-order valence-corrected chi connectivity index (χ4v) is 3.12. The minimum atomic E-state index is -0.461. The maximum atomic E-state index is 12.3. The lowest BCUT2D eigenvalue weighted by atomic mass is 9.99. The van der Waals surface area contributed by atoms with E-state index >= 15 is 0 Å². The number of aromatic nitrogens is 3. The Kier molecular flexibility index (Phi) is 4.43. The van der Waals surface area contributed by atoms with Gasteiger partial charge in [0.25, 0.3) is 0 Å². The van der Waals surface area contributed by atoms with Crippen molar-refractivity contribution in [2.24, 2.45) is 0 Å². The molecular formula is C17H22N4O2. The van der Waals surface area contributed by atoms with Crippen molar-refractivity contribution in [1.29, 1.82) is 0 Å². The lowest BCUT2D eigenvalue weighted by molar-refractivity contribution is -0.143. The van der Waals surface area contributed by atoms with Crippen LogP contribution in [0.3, 0.4) is 0 Å². The van der Waals surface area contributed by atoms with E-state index in [-0.39, 0.29) is 12.0 Å². The van der Waals surface area contributed by atoms with Crippen molar-refractivity contribution in [3.8, 4) is 0 Å². The lowest BCUT2D eigenvalue weighted by Gasteiger charge is -2.28. The molecule has 0 radical (unpaired) electrons. The van der Waals surface area contributed by atoms with E-state index in [0.29, 0.717) is 0 Å². The summed E-state index contributed by atoms with van der Waals surface area (Å²) < 4.78 is 6.93. The lowest BCUT2D eigenvalue weighted by Crippen LogP contribution is -2.43. The molecule has 2 aromatic rings. The molecule has 1 aromatic carbocycles. The van der Waals surface area contributed by atoms with Gasteiger partial charge in [-0.25, -0.2) is 14.5 Å². The molecule has 1 aliphatic rings. The third-order valence-electron chi connectivity index (χ3n) is 4.30. The number of hydrogen-bond donors (Lipinski definition) is 1. The van der Waals surface area contributed by atoms with Gasteiger partial charge in [0.2, 0.25) is 0 Å². The predicted octanol–water partition coefficient (Wildman–Crippen LogP) is 1.71. The Morgan fingerprint density at radius 1 is 1.39 bits per heavy atom. The van der Waals surface area contributed by atoms with Crippen molar-refractivity contribution >= 4 is 5.97 Å². The molecule has 1 aliphatic heterocycles. The van der Waals surface area contributed by atoms with Crippen LogP contribution in [0.1, 0.15) is 35.2 Å². The van der Waals surface area contributed by atoms with Gasteiger partial charge in [0.05, 0.1) is 13.7 Å². The molecule has 122 valence electrons. The van der Waals surface area contributed by atoms with Crippen LogP contribution >= 0.6 is 0 Å². The molecule has 0 saturated heterocycles. The van der Waals surface area contributed by atoms with Crippen LogP contribution in [0.15, 0.2) is 24.3 Å². The van der Waals surface area contributed by atoms with Gasteiger partial charge >= 0.3 is 5.97 Å². The van der Waals surface area contributed by atoms with Gasteiger partial charge in [-0.3, -0.25) is 5.32 Å². The van der Waals surface area contributed by atoms with Gasteiger partial charge in [-0.05, 0) is 31.4 Å². The van der Waals surface area contributed by atoms with Crippen LogP contribution in [0, 0.1) is 13.8 Å². The highest BCUT2D eigenvalue weighted by Gasteiger charge is 2.28. The Morgan fingerprint density at radius 2 is 2.17 bits per heavy atom. The second-order valence-corrected chi connectivity index (χ2v) is 5.97. The van der Waals surface area contributed by atoms with E-state index < -0.39 is 6.04 Å². The number of carbonyl (C=O) groups is 1. The van der Waals surface area contributed by atoms with E-state index in [1.165, 1.54) is 7.11 Å². The summed E-state index contributed by atoms with van der Waals surface area (Å²) in [7, 11) is 1.43. The zero-order chi connectivity index (χ0) is 16.4. The molecule has 6 nitrogen and oxygen atoms in total. The van der Waals surface area contributed by atoms with Crippen LogP contribution in [0.25, 0.3) is 0 Å². The molecule has 3 rings (SSSR count). The van der Waals surface area contributed by atoms with Crippen molar-refractivity contribution in [2.45, 2.75) is 45.3 Å². The smallest absolute Gasteiger partial charge is 0.327 e. The van der Waals surface area contributed by atoms with Crippen LogP contribution in [0.2, 0.25) is 0 Å². The van der Waals surface area contributed by atoms with Crippen molar-refractivity contribution in [1.82, 2.24) is 20.1 Å². The zero-order valence-electron chi connectivity index (χ0n) is 13.7. The van der Waals surface area contributed by atoms with E-state index in [1.807, 2.05) is 42.8 Å². The minimum absolute atomic E-state index is 0.160. The van der Waals surface area contributed by atoms with E-state index in [1.54, 1.807) is 0 Å². The first-order valence-corrected chi connectivity index (χ1v) is 7.88. The summed E-state index contributed by atoms with van der Waals surface area (Å²) in [5.41, 5.74) is 2.03. The van der Waals surface area contributed by atoms with Gasteiger partial charge in [-0.2, -0.15) is 5.10 Å². The largest absolute Gasteiger partial charge is 0.468 e. The summed E-state index contributed by atoms with van der Waals surface area (Å²) in [6.45, 7) is 4.63. The van der Waals surface area contributed by atoms with Gasteiger partial charge in [0.15, 0.2) is 0 Å². The summed E-state index contributed by atoms with van der Waals surface area (Å²) in [5, 5.41) is 7.86. The average molecular weight is 314 g/mol. The SMILES string of the molecule is COC(=O)[C@@H](N[C@H]1CCc2nc(C)nn2C1)c1ccccc1C. The van der Waals surface area contributed by atoms with Crippen molar-refractivity contribution in [3.05, 3.63) is 47.0 Å². The standard InChI is InChI=1S/C17H22N4O2/c1-11-6-4-5-7-14(11)16(17(22)23-3)19-13-8-9-15-18-12(2)20-21(15)10-13/h4-7,13,16,19H,8-10H2,1-3H3/t13-,16-/m0/s1. The van der Waals surface area contributed by atoms with Gasteiger partial charge in [0, 0.05) is 12.5 Å². The molecule has 0 spiro atoms. The van der Waals surface area contributed by atoms with Crippen molar-refractivity contribution < 1.29 is 9.53 Å². The molecule has 2 heterocycles. The fourth-order valence-electron chi connectivity index (χ4n) is 3.12. The number of ether oxygens (including phenoxy) is 1. The number of esters is 1. The summed E-state index contributed by atoms with van der Waals surface area (Å²) in [6.07, 6.45) is 1.79. The first-order chi connectivity index (χ1) is 11.1. The molecule has 2 atom stereocenters. The van der Waals surface area contributed by atoms with Crippen LogP contribution in [0.5, 0.6) is 0 Å². The number of fused-ring (bicyclic) bond motifs is 1. The Bertz CT molecular complexity index is 710. The molecule has 0 saturated carbocycles. The van der Waals surface area contributed by atoms with Crippen LogP contribution in [0.4, 0.5) is 0 Å². The third kappa shape index (κ3) is 3.27. The molecule has 23 heavy (non-hydrogen) atoms. The molecule has 6 heteroatoms. The van der Waals surface area contributed by atoms with Gasteiger partial charge < -0.3 is 4.74 Å². The molecule has 0 aliphatic carbocycles. The Morgan fingerprint density at radius 3 is 2.91 bits per heavy atom. The second-order valence-electron chi connectivity index (χ2n) is 5.97. The van der Waals surface area contributed by atoms with Crippen LogP contribution in [-0.4, -0.2) is 33.9 Å². The molecule has 0 fully saturated rings. The predicted molar refractivity (Wildman–Crippen MR) is 85.9 cm³/mol. The summed E-state index contributed by atoms with van der Waals surface area (Å²) in [4.78, 5) is 16.7. The van der Waals surface area contributed by atoms with E-state index in [2.05, 4.69) is 15.4 Å². The van der Waals surface area contributed by atoms with Crippen molar-refractivity contribution in [2.75, 3.05) is 7.11 Å². The number of carbonyl (C=O) groups excluding carboxylic acids is 1. The summed E-state index contributed by atoms with van der Waals surface area (Å²) in [5.74, 6) is 1.55. The molecule has 1 N–H and O–H groups in total. The highest BCUT2D eigenvalue weighted by molar-refractivity contribution is 5.78. The number of rotatable bonds is 4. The first-order valence-electron chi connectivity index (χ1n) is 7.88. The maximum absolute atomic E-state index is 12.3. The Hall–Kier alpha value is -2.21. The van der Waals surface area contributed by atoms with Gasteiger partial charge in [0.1, 0.15) is 17.7 Å². The number of methoxy groups -OCH3 is 1. The summed E-state index contributed by atoms with van der Waals surface area (Å²) in [6, 6.07) is 7.59. The first kappa shape index (κ1) is 15.7. The maximum Gasteiger partial charge on any atom is 0.327 e. The number of nitrogens with one attached hydrogen (secondary N) is 1. The van der Waals surface area contributed by atoms with Crippen LogP contribution < -0.4 is 5.32 Å². The van der Waals surface area contributed by atoms with Crippen LogP contribution in [-0.2, 0) is 22.5 Å². The van der Waals surface area contributed by atoms with Crippen molar-refractivity contribution in [3.63, 3.8) is 0 Å². The van der Waals surface area contributed by atoms with E-state index in [0.717, 1.165) is 42.2 Å². The topological polar surface area (TPSA) is 69.0 Å². The van der Waals surface area contributed by atoms with E-state index in [9.17, 15) is 4.79 Å². The second kappa shape index (κ2) is 6.50. The monoisotopic (exact) mass is 314 g/mol. The number of aryl methyl sites for hydroxylation is 3. The molecular weight excluding hydrogens is 292 g/mol. The van der Waals surface area contributed by atoms with Gasteiger partial charge in [-0.15, -0.1) is 0 Å². The summed E-state index contributed by atoms with van der Waals surface area (Å²) >= 11 is 0. The Balaban J connectivity index is 1.80. The number of nitrogens with zero attached hydrogens (tertiary/aromatic N) is 3. The minimum Gasteiger partial charge on any atom is -0.468 e. The molecule has 0 amide bonds. The third-order valence-corrected chi connectivity index (χ3v) is 4.30. The quantitative estimate of drug-likeness (QED) is 0.870.